The summed E-state index contributed by atoms with van der Waals surface area (Å²) in [6.07, 6.45) is 1.06. The number of benzene rings is 4. The van der Waals surface area contributed by atoms with Crippen molar-refractivity contribution in [3.63, 3.8) is 0 Å². The maximum atomic E-state index is 13.6. The zero-order valence-electron chi connectivity index (χ0n) is 23.2. The molecule has 4 aromatic rings. The van der Waals surface area contributed by atoms with Crippen molar-refractivity contribution >= 4 is 24.2 Å². The van der Waals surface area contributed by atoms with Crippen molar-refractivity contribution in [1.82, 2.24) is 10.6 Å². The van der Waals surface area contributed by atoms with Crippen LogP contribution >= 0.6 is 12.4 Å². The van der Waals surface area contributed by atoms with Crippen LogP contribution in [0.15, 0.2) is 115 Å². The Bertz CT molecular complexity index is 1300. The van der Waals surface area contributed by atoms with Gasteiger partial charge in [-0.05, 0) is 60.7 Å². The minimum atomic E-state index is -0.707. The molecule has 0 aliphatic rings. The molecular formula is C34H38ClN3O3. The molecule has 7 heteroatoms. The van der Waals surface area contributed by atoms with Gasteiger partial charge in [0.1, 0.15) is 18.4 Å². The maximum absolute atomic E-state index is 13.6. The maximum Gasteiger partial charge on any atom is 0.243 e. The number of hydrogen-bond donors (Lipinski definition) is 3. The van der Waals surface area contributed by atoms with E-state index in [9.17, 15) is 9.59 Å². The summed E-state index contributed by atoms with van der Waals surface area (Å²) in [5.74, 6) is -0.232. The van der Waals surface area contributed by atoms with E-state index >= 15 is 0 Å². The lowest BCUT2D eigenvalue weighted by Gasteiger charge is -2.25. The number of ether oxygens (including phenoxy) is 1. The van der Waals surface area contributed by atoms with E-state index in [0.29, 0.717) is 26.0 Å². The Balaban J connectivity index is 0.00000462. The average molecular weight is 572 g/mol. The predicted molar refractivity (Wildman–Crippen MR) is 166 cm³/mol. The van der Waals surface area contributed by atoms with E-state index < -0.39 is 12.0 Å². The molecule has 0 radical (unpaired) electrons. The fraction of sp³-hybridized carbons (Fsp3) is 0.235. The molecule has 2 amide bonds. The summed E-state index contributed by atoms with van der Waals surface area (Å²) in [7, 11) is 0. The molecule has 214 valence electrons. The van der Waals surface area contributed by atoms with Crippen LogP contribution in [0.1, 0.15) is 54.0 Å². The van der Waals surface area contributed by atoms with E-state index in [4.69, 9.17) is 10.5 Å². The van der Waals surface area contributed by atoms with E-state index in [1.54, 1.807) is 0 Å². The number of amides is 2. The minimum absolute atomic E-state index is 0. The van der Waals surface area contributed by atoms with Gasteiger partial charge >= 0.3 is 0 Å². The second-order valence-corrected chi connectivity index (χ2v) is 9.82. The highest BCUT2D eigenvalue weighted by molar-refractivity contribution is 5.92. The number of nitrogens with one attached hydrogen (secondary N) is 2. The largest absolute Gasteiger partial charge is 0.489 e. The van der Waals surface area contributed by atoms with E-state index in [0.717, 1.165) is 28.0 Å². The first kappa shape index (κ1) is 31.4. The third kappa shape index (κ3) is 9.20. The summed E-state index contributed by atoms with van der Waals surface area (Å²) >= 11 is 0. The third-order valence-electron chi connectivity index (χ3n) is 6.85. The highest BCUT2D eigenvalue weighted by Gasteiger charge is 2.28. The van der Waals surface area contributed by atoms with Crippen LogP contribution in [0, 0.1) is 0 Å². The van der Waals surface area contributed by atoms with E-state index in [2.05, 4.69) is 10.6 Å². The molecule has 41 heavy (non-hydrogen) atoms. The molecule has 4 aromatic carbocycles. The van der Waals surface area contributed by atoms with Crippen LogP contribution in [-0.2, 0) is 16.2 Å². The Morgan fingerprint density at radius 3 is 1.78 bits per heavy atom. The van der Waals surface area contributed by atoms with Crippen LogP contribution < -0.4 is 21.1 Å². The Kier molecular flexibility index (Phi) is 12.4. The summed E-state index contributed by atoms with van der Waals surface area (Å²) in [5.41, 5.74) is 9.53. The van der Waals surface area contributed by atoms with Gasteiger partial charge in [0.05, 0.1) is 12.0 Å². The van der Waals surface area contributed by atoms with Gasteiger partial charge in [-0.25, -0.2) is 0 Å². The topological polar surface area (TPSA) is 93.5 Å². The van der Waals surface area contributed by atoms with Gasteiger partial charge in [0.25, 0.3) is 0 Å². The molecule has 0 heterocycles. The molecular weight excluding hydrogens is 534 g/mol. The highest BCUT2D eigenvalue weighted by atomic mass is 35.5. The van der Waals surface area contributed by atoms with Crippen molar-refractivity contribution in [2.45, 2.75) is 44.4 Å². The summed E-state index contributed by atoms with van der Waals surface area (Å²) in [6.45, 7) is 2.85. The van der Waals surface area contributed by atoms with Gasteiger partial charge in [0.2, 0.25) is 11.8 Å². The number of hydrogen-bond acceptors (Lipinski definition) is 4. The van der Waals surface area contributed by atoms with Crippen molar-refractivity contribution < 1.29 is 14.3 Å². The summed E-state index contributed by atoms with van der Waals surface area (Å²) in [4.78, 5) is 27.0. The average Bonchev–Trinajstić information content (AvgIpc) is 3.00. The minimum Gasteiger partial charge on any atom is -0.489 e. The van der Waals surface area contributed by atoms with E-state index in [1.807, 2.05) is 122 Å². The number of rotatable bonds is 13. The quantitative estimate of drug-likeness (QED) is 0.186. The van der Waals surface area contributed by atoms with Gasteiger partial charge in [-0.15, -0.1) is 12.4 Å². The summed E-state index contributed by atoms with van der Waals surface area (Å²) < 4.78 is 5.88. The highest BCUT2D eigenvalue weighted by Crippen LogP contribution is 2.25. The van der Waals surface area contributed by atoms with Crippen molar-refractivity contribution in [1.29, 1.82) is 0 Å². The second kappa shape index (κ2) is 16.2. The van der Waals surface area contributed by atoms with Gasteiger partial charge < -0.3 is 21.1 Å². The van der Waals surface area contributed by atoms with Crippen LogP contribution in [0.5, 0.6) is 5.75 Å². The molecule has 0 saturated heterocycles. The van der Waals surface area contributed by atoms with Crippen molar-refractivity contribution in [2.24, 2.45) is 5.73 Å². The van der Waals surface area contributed by atoms with Gasteiger partial charge in [-0.3, -0.25) is 9.59 Å². The summed E-state index contributed by atoms with van der Waals surface area (Å²) in [6, 6.07) is 35.9. The number of carbonyl (C=O) groups is 2. The third-order valence-corrected chi connectivity index (χ3v) is 6.85. The fourth-order valence-corrected chi connectivity index (χ4v) is 4.62. The Hall–Kier alpha value is -4.13. The molecule has 2 atom stereocenters. The van der Waals surface area contributed by atoms with Crippen molar-refractivity contribution in [3.05, 3.63) is 138 Å². The molecule has 0 aliphatic carbocycles. The molecule has 6 nitrogen and oxygen atoms in total. The van der Waals surface area contributed by atoms with Gasteiger partial charge in [-0.2, -0.15) is 0 Å². The fourth-order valence-electron chi connectivity index (χ4n) is 4.62. The summed E-state index contributed by atoms with van der Waals surface area (Å²) in [5, 5.41) is 6.09. The Morgan fingerprint density at radius 1 is 0.707 bits per heavy atom. The van der Waals surface area contributed by atoms with Gasteiger partial charge in [0.15, 0.2) is 0 Å². The molecule has 0 aromatic heterocycles. The molecule has 0 bridgehead atoms. The molecule has 4 N–H and O–H groups in total. The molecule has 0 aliphatic heterocycles. The smallest absolute Gasteiger partial charge is 0.243 e. The van der Waals surface area contributed by atoms with E-state index in [1.165, 1.54) is 0 Å². The lowest BCUT2D eigenvalue weighted by Crippen LogP contribution is -2.48. The number of halogens is 1. The molecule has 0 fully saturated rings. The van der Waals surface area contributed by atoms with Gasteiger partial charge in [0, 0.05) is 0 Å². The lowest BCUT2D eigenvalue weighted by molar-refractivity contribution is -0.129. The number of nitrogens with two attached hydrogens (primary N) is 1. The molecule has 0 unspecified atom stereocenters. The number of carbonyl (C=O) groups excluding carboxylic acids is 2. The second-order valence-electron chi connectivity index (χ2n) is 9.82. The molecule has 0 spiro atoms. The SMILES string of the molecule is C[C@@H](NC(=O)[C@@H](CCCN)NC(=O)C(c1ccccc1)c1ccccc1)c1ccc(OCc2ccccc2)cc1.Cl. The molecule has 4 rings (SSSR count). The standard InChI is InChI=1S/C34H37N3O3.ClH/c1-25(27-19-21-30(22-20-27)40-24-26-12-5-2-6-13-26)36-33(38)31(18-11-23-35)37-34(39)32(28-14-7-3-8-15-28)29-16-9-4-10-17-29;/h2-10,12-17,19-22,25,31-32H,11,18,23-24,35H2,1H3,(H,36,38)(H,37,39);1H/t25-,31-;/m1./s1. The monoisotopic (exact) mass is 571 g/mol. The van der Waals surface area contributed by atoms with Crippen LogP contribution in [0.4, 0.5) is 0 Å². The Labute approximate surface area is 248 Å². The van der Waals surface area contributed by atoms with Crippen molar-refractivity contribution in [2.75, 3.05) is 6.54 Å². The van der Waals surface area contributed by atoms with Crippen LogP contribution in [0.25, 0.3) is 0 Å². The van der Waals surface area contributed by atoms with Gasteiger partial charge in [-0.1, -0.05) is 103 Å². The normalized spacial score (nSPS) is 12.1. The van der Waals surface area contributed by atoms with E-state index in [-0.39, 0.29) is 30.3 Å². The first-order valence-electron chi connectivity index (χ1n) is 13.7. The first-order chi connectivity index (χ1) is 19.5. The Morgan fingerprint density at radius 2 is 1.24 bits per heavy atom. The lowest BCUT2D eigenvalue weighted by atomic mass is 9.90. The van der Waals surface area contributed by atoms with Crippen LogP contribution in [0.2, 0.25) is 0 Å². The van der Waals surface area contributed by atoms with Crippen molar-refractivity contribution in [3.8, 4) is 5.75 Å². The molecule has 0 saturated carbocycles. The first-order valence-corrected chi connectivity index (χ1v) is 13.7. The zero-order chi connectivity index (χ0) is 28.2. The van der Waals surface area contributed by atoms with Crippen LogP contribution in [-0.4, -0.2) is 24.4 Å². The zero-order valence-corrected chi connectivity index (χ0v) is 24.1. The van der Waals surface area contributed by atoms with Crippen LogP contribution in [0.3, 0.4) is 0 Å². The predicted octanol–water partition coefficient (Wildman–Crippen LogP) is 5.92.